The van der Waals surface area contributed by atoms with Gasteiger partial charge in [-0.05, 0) is 49.5 Å². The first-order valence-electron chi connectivity index (χ1n) is 5.19. The molecule has 2 bridgehead atoms. The van der Waals surface area contributed by atoms with Gasteiger partial charge in [-0.1, -0.05) is 19.1 Å². The van der Waals surface area contributed by atoms with Crippen LogP contribution in [-0.2, 0) is 0 Å². The molecule has 12 heavy (non-hydrogen) atoms. The highest BCUT2D eigenvalue weighted by atomic mass is 14.5. The van der Waals surface area contributed by atoms with Crippen molar-refractivity contribution >= 4 is 0 Å². The van der Waals surface area contributed by atoms with Crippen LogP contribution in [0.15, 0.2) is 12.2 Å². The number of rotatable bonds is 3. The Kier molecular flexibility index (Phi) is 2.22. The second kappa shape index (κ2) is 3.21. The van der Waals surface area contributed by atoms with Crippen LogP contribution in [0.3, 0.4) is 0 Å². The average molecular weight is 165 g/mol. The first-order chi connectivity index (χ1) is 5.81. The van der Waals surface area contributed by atoms with Crippen molar-refractivity contribution in [1.82, 2.24) is 0 Å². The fourth-order valence-corrected chi connectivity index (χ4v) is 2.95. The molecule has 1 saturated carbocycles. The first kappa shape index (κ1) is 8.31. The number of hydrogen-bond acceptors (Lipinski definition) is 1. The summed E-state index contributed by atoms with van der Waals surface area (Å²) in [5.74, 6) is 3.61. The van der Waals surface area contributed by atoms with Gasteiger partial charge >= 0.3 is 0 Å². The SMILES string of the molecule is CC(CCN)C1CC2C=CC1C2. The summed E-state index contributed by atoms with van der Waals surface area (Å²) in [6.45, 7) is 3.23. The van der Waals surface area contributed by atoms with Crippen LogP contribution in [-0.4, -0.2) is 6.54 Å². The lowest BCUT2D eigenvalue weighted by molar-refractivity contribution is 0.296. The van der Waals surface area contributed by atoms with Gasteiger partial charge in [0.05, 0.1) is 0 Å². The standard InChI is InChI=1S/C11H19N/c1-8(4-5-12)11-7-9-2-3-10(11)6-9/h2-3,8-11H,4-7,12H2,1H3. The van der Waals surface area contributed by atoms with E-state index in [1.807, 2.05) is 0 Å². The Bertz CT molecular complexity index is 185. The monoisotopic (exact) mass is 165 g/mol. The molecular formula is C11H19N. The van der Waals surface area contributed by atoms with Crippen molar-refractivity contribution in [2.45, 2.75) is 26.2 Å². The lowest BCUT2D eigenvalue weighted by atomic mass is 9.81. The molecule has 4 unspecified atom stereocenters. The maximum atomic E-state index is 5.58. The van der Waals surface area contributed by atoms with Crippen LogP contribution < -0.4 is 5.73 Å². The molecule has 0 aromatic carbocycles. The van der Waals surface area contributed by atoms with E-state index in [4.69, 9.17) is 5.73 Å². The zero-order chi connectivity index (χ0) is 8.55. The molecule has 0 aromatic rings. The van der Waals surface area contributed by atoms with E-state index < -0.39 is 0 Å². The van der Waals surface area contributed by atoms with Gasteiger partial charge in [-0.15, -0.1) is 0 Å². The third-order valence-corrected chi connectivity index (χ3v) is 3.68. The largest absolute Gasteiger partial charge is 0.330 e. The zero-order valence-electron chi connectivity index (χ0n) is 7.87. The van der Waals surface area contributed by atoms with Crippen molar-refractivity contribution in [1.29, 1.82) is 0 Å². The summed E-state index contributed by atoms with van der Waals surface area (Å²) in [4.78, 5) is 0. The summed E-state index contributed by atoms with van der Waals surface area (Å²) >= 11 is 0. The lowest BCUT2D eigenvalue weighted by Gasteiger charge is -2.24. The molecule has 0 amide bonds. The van der Waals surface area contributed by atoms with Crippen LogP contribution in [0.4, 0.5) is 0 Å². The minimum Gasteiger partial charge on any atom is -0.330 e. The zero-order valence-corrected chi connectivity index (χ0v) is 7.87. The van der Waals surface area contributed by atoms with Crippen molar-refractivity contribution in [2.24, 2.45) is 29.4 Å². The number of nitrogens with two attached hydrogens (primary N) is 1. The van der Waals surface area contributed by atoms with Crippen LogP contribution in [0.1, 0.15) is 26.2 Å². The first-order valence-corrected chi connectivity index (χ1v) is 5.19. The molecule has 2 N–H and O–H groups in total. The third kappa shape index (κ3) is 1.31. The Morgan fingerprint density at radius 2 is 2.25 bits per heavy atom. The molecule has 68 valence electrons. The molecule has 0 heterocycles. The van der Waals surface area contributed by atoms with E-state index >= 15 is 0 Å². The molecule has 0 radical (unpaired) electrons. The van der Waals surface area contributed by atoms with Gasteiger partial charge in [-0.3, -0.25) is 0 Å². The van der Waals surface area contributed by atoms with Gasteiger partial charge in [0.15, 0.2) is 0 Å². The summed E-state index contributed by atoms with van der Waals surface area (Å²) in [7, 11) is 0. The Balaban J connectivity index is 1.93. The predicted octanol–water partition coefficient (Wildman–Crippen LogP) is 2.18. The molecule has 1 nitrogen and oxygen atoms in total. The van der Waals surface area contributed by atoms with Crippen LogP contribution in [0, 0.1) is 23.7 Å². The van der Waals surface area contributed by atoms with E-state index in [1.165, 1.54) is 19.3 Å². The van der Waals surface area contributed by atoms with Crippen LogP contribution in [0.2, 0.25) is 0 Å². The molecular weight excluding hydrogens is 146 g/mol. The Morgan fingerprint density at radius 1 is 1.42 bits per heavy atom. The summed E-state index contributed by atoms with van der Waals surface area (Å²) in [5.41, 5.74) is 5.58. The molecule has 4 atom stereocenters. The Hall–Kier alpha value is -0.300. The van der Waals surface area contributed by atoms with Crippen LogP contribution >= 0.6 is 0 Å². The molecule has 1 heteroatoms. The lowest BCUT2D eigenvalue weighted by Crippen LogP contribution is -2.19. The van der Waals surface area contributed by atoms with Gasteiger partial charge in [-0.25, -0.2) is 0 Å². The minimum atomic E-state index is 0.843. The van der Waals surface area contributed by atoms with Crippen molar-refractivity contribution in [3.8, 4) is 0 Å². The summed E-state index contributed by atoms with van der Waals surface area (Å²) in [6, 6.07) is 0. The van der Waals surface area contributed by atoms with Crippen molar-refractivity contribution < 1.29 is 0 Å². The van der Waals surface area contributed by atoms with E-state index in [2.05, 4.69) is 19.1 Å². The maximum Gasteiger partial charge on any atom is -0.00746 e. The Labute approximate surface area is 75.0 Å². The van der Waals surface area contributed by atoms with Gasteiger partial charge in [0.25, 0.3) is 0 Å². The Morgan fingerprint density at radius 3 is 2.75 bits per heavy atom. The molecule has 0 aliphatic heterocycles. The predicted molar refractivity (Wildman–Crippen MR) is 51.7 cm³/mol. The van der Waals surface area contributed by atoms with Crippen LogP contribution in [0.25, 0.3) is 0 Å². The van der Waals surface area contributed by atoms with Gasteiger partial charge in [0, 0.05) is 0 Å². The molecule has 2 aliphatic rings. The molecule has 0 saturated heterocycles. The highest BCUT2D eigenvalue weighted by molar-refractivity contribution is 5.10. The quantitative estimate of drug-likeness (QED) is 0.637. The van der Waals surface area contributed by atoms with Gasteiger partial charge < -0.3 is 5.73 Å². The van der Waals surface area contributed by atoms with Crippen molar-refractivity contribution in [3.05, 3.63) is 12.2 Å². The molecule has 0 spiro atoms. The second-order valence-corrected chi connectivity index (χ2v) is 4.50. The summed E-state index contributed by atoms with van der Waals surface area (Å²) in [5, 5.41) is 0. The van der Waals surface area contributed by atoms with E-state index in [9.17, 15) is 0 Å². The highest BCUT2D eigenvalue weighted by Gasteiger charge is 2.37. The third-order valence-electron chi connectivity index (χ3n) is 3.68. The van der Waals surface area contributed by atoms with Crippen molar-refractivity contribution in [3.63, 3.8) is 0 Å². The summed E-state index contributed by atoms with van der Waals surface area (Å²) < 4.78 is 0. The normalized spacial score (nSPS) is 40.7. The molecule has 1 fully saturated rings. The summed E-state index contributed by atoms with van der Waals surface area (Å²) in [6.07, 6.45) is 8.92. The fraction of sp³-hybridized carbons (Fsp3) is 0.818. The number of hydrogen-bond donors (Lipinski definition) is 1. The average Bonchev–Trinajstić information content (AvgIpc) is 2.64. The topological polar surface area (TPSA) is 26.0 Å². The van der Waals surface area contributed by atoms with Crippen LogP contribution in [0.5, 0.6) is 0 Å². The van der Waals surface area contributed by atoms with Crippen molar-refractivity contribution in [2.75, 3.05) is 6.54 Å². The fourth-order valence-electron chi connectivity index (χ4n) is 2.95. The second-order valence-electron chi connectivity index (χ2n) is 4.50. The van der Waals surface area contributed by atoms with E-state index in [0.717, 1.165) is 30.2 Å². The minimum absolute atomic E-state index is 0.843. The highest BCUT2D eigenvalue weighted by Crippen LogP contribution is 2.47. The number of allylic oxidation sites excluding steroid dienone is 2. The van der Waals surface area contributed by atoms with Gasteiger partial charge in [-0.2, -0.15) is 0 Å². The number of fused-ring (bicyclic) bond motifs is 2. The van der Waals surface area contributed by atoms with E-state index in [-0.39, 0.29) is 0 Å². The van der Waals surface area contributed by atoms with E-state index in [1.54, 1.807) is 0 Å². The maximum absolute atomic E-state index is 5.58. The van der Waals surface area contributed by atoms with E-state index in [0.29, 0.717) is 0 Å². The van der Waals surface area contributed by atoms with Gasteiger partial charge in [0.1, 0.15) is 0 Å². The molecule has 2 rings (SSSR count). The molecule has 0 aromatic heterocycles. The van der Waals surface area contributed by atoms with Gasteiger partial charge in [0.2, 0.25) is 0 Å². The smallest absolute Gasteiger partial charge is 0.00746 e. The molecule has 2 aliphatic carbocycles.